The number of carboxylic acids is 1. The maximum Gasteiger partial charge on any atom is 0.305 e. The summed E-state index contributed by atoms with van der Waals surface area (Å²) in [4.78, 5) is 21.8. The fourth-order valence-electron chi connectivity index (χ4n) is 1.62. The zero-order valence-corrected chi connectivity index (χ0v) is 11.3. The first-order chi connectivity index (χ1) is 7.66. The number of hydrogen-bond acceptors (Lipinski definition) is 4. The minimum Gasteiger partial charge on any atom is -0.481 e. The molecular weight excluding hydrogens is 242 g/mol. The molecule has 0 saturated heterocycles. The van der Waals surface area contributed by atoms with Gasteiger partial charge < -0.3 is 15.5 Å². The summed E-state index contributed by atoms with van der Waals surface area (Å²) < 4.78 is 0. The van der Waals surface area contributed by atoms with Crippen molar-refractivity contribution in [3.8, 4) is 0 Å². The van der Waals surface area contributed by atoms with Gasteiger partial charge in [0.2, 0.25) is 5.91 Å². The minimum atomic E-state index is -1.16. The van der Waals surface area contributed by atoms with E-state index in [1.54, 1.807) is 13.8 Å². The summed E-state index contributed by atoms with van der Waals surface area (Å²) in [5.41, 5.74) is -0.589. The summed E-state index contributed by atoms with van der Waals surface area (Å²) in [5.74, 6) is -1.52. The van der Waals surface area contributed by atoms with Crippen molar-refractivity contribution in [3.63, 3.8) is 0 Å². The minimum absolute atomic E-state index is 0.0255. The molecule has 0 bridgehead atoms. The molecule has 0 heterocycles. The van der Waals surface area contributed by atoms with Gasteiger partial charge in [-0.25, -0.2) is 0 Å². The average molecular weight is 263 g/mol. The number of nitrogens with one attached hydrogen (secondary N) is 1. The van der Waals surface area contributed by atoms with Crippen molar-refractivity contribution in [3.05, 3.63) is 0 Å². The molecule has 0 radical (unpaired) electrons. The normalized spacial score (nSPS) is 15.1. The van der Waals surface area contributed by atoms with Crippen LogP contribution in [0.15, 0.2) is 0 Å². The van der Waals surface area contributed by atoms with Gasteiger partial charge in [-0.15, -0.1) is 0 Å². The van der Waals surface area contributed by atoms with E-state index in [4.69, 9.17) is 5.11 Å². The predicted octanol–water partition coefficient (Wildman–Crippen LogP) is 0.673. The van der Waals surface area contributed by atoms with Gasteiger partial charge in [0.1, 0.15) is 6.10 Å². The maximum atomic E-state index is 11.6. The number of carbonyl (C=O) groups excluding carboxylic acids is 1. The van der Waals surface area contributed by atoms with E-state index < -0.39 is 23.4 Å². The van der Waals surface area contributed by atoms with Gasteiger partial charge in [0.25, 0.3) is 0 Å². The fraction of sp³-hybridized carbons (Fsp3) is 0.818. The van der Waals surface area contributed by atoms with E-state index in [-0.39, 0.29) is 18.2 Å². The van der Waals surface area contributed by atoms with Gasteiger partial charge in [0, 0.05) is 12.0 Å². The van der Waals surface area contributed by atoms with Gasteiger partial charge in [-0.05, 0) is 11.7 Å². The van der Waals surface area contributed by atoms with Crippen molar-refractivity contribution < 1.29 is 19.8 Å². The summed E-state index contributed by atoms with van der Waals surface area (Å²) in [6.07, 6.45) is -0.725. The molecule has 0 aliphatic heterocycles. The predicted molar refractivity (Wildman–Crippen MR) is 68.1 cm³/mol. The van der Waals surface area contributed by atoms with E-state index in [9.17, 15) is 14.7 Å². The number of aliphatic hydroxyl groups excluding tert-OH is 1. The van der Waals surface area contributed by atoms with Gasteiger partial charge in [-0.2, -0.15) is 12.6 Å². The van der Waals surface area contributed by atoms with E-state index in [0.29, 0.717) is 6.42 Å². The Morgan fingerprint density at radius 2 is 1.94 bits per heavy atom. The maximum absolute atomic E-state index is 11.6. The first-order valence-electron chi connectivity index (χ1n) is 5.52. The standard InChI is InChI=1S/C11H21NO4S/c1-7(17)6-11(2,3)9(15)10(16)12-5-4-8(13)14/h7,9,15,17H,4-6H2,1-3H3,(H,12,16)(H,13,14)/t7?,9-/m0/s1. The summed E-state index contributed by atoms with van der Waals surface area (Å²) in [5, 5.41) is 20.8. The molecule has 0 rings (SSSR count). The van der Waals surface area contributed by atoms with E-state index in [0.717, 1.165) is 0 Å². The second-order valence-electron chi connectivity index (χ2n) is 4.88. The van der Waals surface area contributed by atoms with Crippen LogP contribution in [-0.2, 0) is 9.59 Å². The smallest absolute Gasteiger partial charge is 0.305 e. The first kappa shape index (κ1) is 16.2. The molecular formula is C11H21NO4S. The van der Waals surface area contributed by atoms with E-state index in [1.165, 1.54) is 0 Å². The van der Waals surface area contributed by atoms with Crippen LogP contribution in [0.1, 0.15) is 33.6 Å². The number of aliphatic hydroxyl groups is 1. The molecule has 0 aromatic rings. The number of carboxylic acid groups (broad SMARTS) is 1. The van der Waals surface area contributed by atoms with Gasteiger partial charge in [0.15, 0.2) is 0 Å². The summed E-state index contributed by atoms with van der Waals surface area (Å²) >= 11 is 4.23. The molecule has 0 saturated carbocycles. The fourth-order valence-corrected chi connectivity index (χ4v) is 2.09. The third-order valence-corrected chi connectivity index (χ3v) is 2.63. The molecule has 0 fully saturated rings. The first-order valence-corrected chi connectivity index (χ1v) is 6.04. The number of carbonyl (C=O) groups is 2. The molecule has 6 heteroatoms. The number of amides is 1. The zero-order chi connectivity index (χ0) is 13.6. The molecule has 17 heavy (non-hydrogen) atoms. The molecule has 2 atom stereocenters. The van der Waals surface area contributed by atoms with Gasteiger partial charge in [-0.3, -0.25) is 9.59 Å². The summed E-state index contributed by atoms with van der Waals surface area (Å²) in [6, 6.07) is 0. The lowest BCUT2D eigenvalue weighted by Gasteiger charge is -2.30. The monoisotopic (exact) mass is 263 g/mol. The van der Waals surface area contributed by atoms with Crippen molar-refractivity contribution in [2.45, 2.75) is 45.0 Å². The van der Waals surface area contributed by atoms with E-state index in [1.807, 2.05) is 6.92 Å². The molecule has 0 spiro atoms. The van der Waals surface area contributed by atoms with Gasteiger partial charge >= 0.3 is 5.97 Å². The highest BCUT2D eigenvalue weighted by Crippen LogP contribution is 2.28. The Hall–Kier alpha value is -0.750. The highest BCUT2D eigenvalue weighted by Gasteiger charge is 2.34. The van der Waals surface area contributed by atoms with Crippen LogP contribution in [0.4, 0.5) is 0 Å². The Kier molecular flexibility index (Phi) is 6.56. The molecule has 1 unspecified atom stereocenters. The topological polar surface area (TPSA) is 86.6 Å². The molecule has 0 aromatic heterocycles. The van der Waals surface area contributed by atoms with Crippen molar-refractivity contribution in [1.82, 2.24) is 5.32 Å². The van der Waals surface area contributed by atoms with Crippen LogP contribution in [0.3, 0.4) is 0 Å². The average Bonchev–Trinajstić information content (AvgIpc) is 2.13. The van der Waals surface area contributed by atoms with Crippen LogP contribution in [0.2, 0.25) is 0 Å². The lowest BCUT2D eigenvalue weighted by molar-refractivity contribution is -0.138. The molecule has 3 N–H and O–H groups in total. The van der Waals surface area contributed by atoms with Crippen LogP contribution in [0.25, 0.3) is 0 Å². The Labute approximate surface area is 107 Å². The van der Waals surface area contributed by atoms with Gasteiger partial charge in [-0.1, -0.05) is 20.8 Å². The van der Waals surface area contributed by atoms with Crippen molar-refractivity contribution in [2.75, 3.05) is 6.54 Å². The third-order valence-electron chi connectivity index (χ3n) is 2.45. The van der Waals surface area contributed by atoms with Crippen molar-refractivity contribution in [2.24, 2.45) is 5.41 Å². The Balaban J connectivity index is 4.23. The van der Waals surface area contributed by atoms with Crippen LogP contribution in [0, 0.1) is 5.41 Å². The number of aliphatic carboxylic acids is 1. The Morgan fingerprint density at radius 1 is 1.41 bits per heavy atom. The van der Waals surface area contributed by atoms with Crippen molar-refractivity contribution in [1.29, 1.82) is 0 Å². The van der Waals surface area contributed by atoms with Crippen LogP contribution < -0.4 is 5.32 Å². The molecule has 5 nitrogen and oxygen atoms in total. The summed E-state index contributed by atoms with van der Waals surface area (Å²) in [6.45, 7) is 5.47. The molecule has 0 aliphatic carbocycles. The third kappa shape index (κ3) is 6.53. The lowest BCUT2D eigenvalue weighted by Crippen LogP contribution is -2.45. The molecule has 100 valence electrons. The highest BCUT2D eigenvalue weighted by molar-refractivity contribution is 7.80. The van der Waals surface area contributed by atoms with Crippen LogP contribution in [-0.4, -0.2) is 40.0 Å². The highest BCUT2D eigenvalue weighted by atomic mass is 32.1. The number of rotatable bonds is 7. The van der Waals surface area contributed by atoms with Crippen molar-refractivity contribution >= 4 is 24.5 Å². The van der Waals surface area contributed by atoms with E-state index >= 15 is 0 Å². The zero-order valence-electron chi connectivity index (χ0n) is 10.4. The largest absolute Gasteiger partial charge is 0.481 e. The molecule has 0 aliphatic rings. The Morgan fingerprint density at radius 3 is 2.35 bits per heavy atom. The second kappa shape index (κ2) is 6.86. The molecule has 1 amide bonds. The SMILES string of the molecule is CC(S)CC(C)(C)[C@@H](O)C(=O)NCCC(=O)O. The van der Waals surface area contributed by atoms with E-state index in [2.05, 4.69) is 17.9 Å². The number of hydrogen-bond donors (Lipinski definition) is 4. The summed E-state index contributed by atoms with van der Waals surface area (Å²) in [7, 11) is 0. The lowest BCUT2D eigenvalue weighted by atomic mass is 9.81. The Bertz CT molecular complexity index is 279. The second-order valence-corrected chi connectivity index (χ2v) is 5.76. The van der Waals surface area contributed by atoms with Crippen LogP contribution in [0.5, 0.6) is 0 Å². The van der Waals surface area contributed by atoms with Crippen LogP contribution >= 0.6 is 12.6 Å². The quantitative estimate of drug-likeness (QED) is 0.509. The van der Waals surface area contributed by atoms with Gasteiger partial charge in [0.05, 0.1) is 6.42 Å². The number of thiol groups is 1. The molecule has 0 aromatic carbocycles.